The van der Waals surface area contributed by atoms with Crippen molar-refractivity contribution in [1.82, 2.24) is 0 Å². The van der Waals surface area contributed by atoms with Gasteiger partial charge in [0.2, 0.25) is 0 Å². The number of carbonyl (C=O) groups is 2. The number of hydrogen-bond acceptors (Lipinski definition) is 5. The molecular weight excluding hydrogens is 400 g/mol. The minimum absolute atomic E-state index is 0.114. The number of carbonyl (C=O) groups excluding carboxylic acids is 2. The molecule has 1 fully saturated rings. The molecule has 156 valence electrons. The second-order valence-corrected chi connectivity index (χ2v) is 10.2. The molecular formula is C24H24O5S. The average Bonchev–Trinajstić information content (AvgIpc) is 3.08. The van der Waals surface area contributed by atoms with Crippen LogP contribution in [0.25, 0.3) is 0 Å². The van der Waals surface area contributed by atoms with Crippen LogP contribution in [0.15, 0.2) is 76.7 Å². The van der Waals surface area contributed by atoms with Crippen molar-refractivity contribution < 1.29 is 22.7 Å². The van der Waals surface area contributed by atoms with Gasteiger partial charge in [-0.15, -0.1) is 0 Å². The molecule has 2 aromatic rings. The fourth-order valence-electron chi connectivity index (χ4n) is 4.60. The molecule has 0 radical (unpaired) electrons. The van der Waals surface area contributed by atoms with E-state index < -0.39 is 21.2 Å². The molecule has 0 N–H and O–H groups in total. The van der Waals surface area contributed by atoms with E-state index in [9.17, 15) is 18.0 Å². The van der Waals surface area contributed by atoms with Gasteiger partial charge in [-0.25, -0.2) is 13.2 Å². The lowest BCUT2D eigenvalue weighted by molar-refractivity contribution is -0.117. The van der Waals surface area contributed by atoms with Gasteiger partial charge in [0.1, 0.15) is 6.10 Å². The zero-order chi connectivity index (χ0) is 21.4. The SMILES string of the molecule is C[C@]12CCC(=O)C(CS(=O)(=O)c3ccccc3)=C1CC[C@@H]2OC(=O)c1ccccc1. The highest BCUT2D eigenvalue weighted by Crippen LogP contribution is 2.52. The van der Waals surface area contributed by atoms with Crippen molar-refractivity contribution in [3.05, 3.63) is 77.4 Å². The third-order valence-electron chi connectivity index (χ3n) is 6.32. The Kier molecular flexibility index (Phi) is 5.36. The second-order valence-electron chi connectivity index (χ2n) is 8.17. The Labute approximate surface area is 176 Å². The van der Waals surface area contributed by atoms with Crippen molar-refractivity contribution in [3.63, 3.8) is 0 Å². The van der Waals surface area contributed by atoms with Crippen LogP contribution in [-0.2, 0) is 19.4 Å². The fraction of sp³-hybridized carbons (Fsp3) is 0.333. The van der Waals surface area contributed by atoms with Crippen LogP contribution < -0.4 is 0 Å². The first-order valence-electron chi connectivity index (χ1n) is 10.1. The zero-order valence-corrected chi connectivity index (χ0v) is 17.7. The van der Waals surface area contributed by atoms with E-state index in [1.54, 1.807) is 54.6 Å². The van der Waals surface area contributed by atoms with Gasteiger partial charge in [0.05, 0.1) is 16.2 Å². The molecule has 0 saturated heterocycles. The Hall–Kier alpha value is -2.73. The molecule has 2 aliphatic carbocycles. The number of esters is 1. The minimum Gasteiger partial charge on any atom is -0.458 e. The van der Waals surface area contributed by atoms with E-state index in [1.807, 2.05) is 13.0 Å². The van der Waals surface area contributed by atoms with E-state index in [0.29, 0.717) is 30.4 Å². The highest BCUT2D eigenvalue weighted by molar-refractivity contribution is 7.91. The van der Waals surface area contributed by atoms with Gasteiger partial charge in [0.15, 0.2) is 15.6 Å². The number of fused-ring (bicyclic) bond motifs is 1. The Morgan fingerprint density at radius 3 is 2.33 bits per heavy atom. The van der Waals surface area contributed by atoms with Crippen molar-refractivity contribution in [2.45, 2.75) is 43.6 Å². The Balaban J connectivity index is 1.63. The van der Waals surface area contributed by atoms with E-state index in [0.717, 1.165) is 5.57 Å². The fourth-order valence-corrected chi connectivity index (χ4v) is 6.06. The molecule has 0 spiro atoms. The van der Waals surface area contributed by atoms with Gasteiger partial charge in [-0.3, -0.25) is 4.79 Å². The molecule has 0 bridgehead atoms. The molecule has 2 aliphatic rings. The van der Waals surface area contributed by atoms with Gasteiger partial charge in [0, 0.05) is 17.4 Å². The number of hydrogen-bond donors (Lipinski definition) is 0. The van der Waals surface area contributed by atoms with Crippen LogP contribution in [0.2, 0.25) is 0 Å². The van der Waals surface area contributed by atoms with Crippen LogP contribution in [0.1, 0.15) is 43.0 Å². The van der Waals surface area contributed by atoms with Crippen LogP contribution in [0.5, 0.6) is 0 Å². The molecule has 0 heterocycles. The monoisotopic (exact) mass is 424 g/mol. The van der Waals surface area contributed by atoms with Gasteiger partial charge in [-0.2, -0.15) is 0 Å². The van der Waals surface area contributed by atoms with Crippen molar-refractivity contribution in [3.8, 4) is 0 Å². The molecule has 4 rings (SSSR count). The summed E-state index contributed by atoms with van der Waals surface area (Å²) < 4.78 is 31.7. The molecule has 2 atom stereocenters. The first kappa shape index (κ1) is 20.5. The summed E-state index contributed by atoms with van der Waals surface area (Å²) in [6.07, 6.45) is 1.60. The number of ketones is 1. The first-order chi connectivity index (χ1) is 14.3. The smallest absolute Gasteiger partial charge is 0.338 e. The predicted molar refractivity (Wildman–Crippen MR) is 113 cm³/mol. The first-order valence-corrected chi connectivity index (χ1v) is 11.8. The Morgan fingerprint density at radius 2 is 1.67 bits per heavy atom. The maximum absolute atomic E-state index is 12.9. The van der Waals surface area contributed by atoms with Crippen molar-refractivity contribution in [1.29, 1.82) is 0 Å². The van der Waals surface area contributed by atoms with Crippen molar-refractivity contribution in [2.24, 2.45) is 5.41 Å². The van der Waals surface area contributed by atoms with Crippen LogP contribution >= 0.6 is 0 Å². The molecule has 5 nitrogen and oxygen atoms in total. The number of rotatable bonds is 5. The van der Waals surface area contributed by atoms with E-state index >= 15 is 0 Å². The highest BCUT2D eigenvalue weighted by atomic mass is 32.2. The third-order valence-corrected chi connectivity index (χ3v) is 7.98. The standard InChI is InChI=1S/C24H24O5S/c1-24-15-14-21(25)19(16-30(27,28)18-10-6-3-7-11-18)20(24)12-13-22(24)29-23(26)17-8-4-2-5-9-17/h2-11,22H,12-16H2,1H3/t22-,24-/m0/s1. The topological polar surface area (TPSA) is 77.5 Å². The lowest BCUT2D eigenvalue weighted by Crippen LogP contribution is -2.37. The third kappa shape index (κ3) is 3.72. The Morgan fingerprint density at radius 1 is 1.03 bits per heavy atom. The van der Waals surface area contributed by atoms with Gasteiger partial charge in [-0.05, 0) is 43.5 Å². The molecule has 0 aromatic heterocycles. The molecule has 30 heavy (non-hydrogen) atoms. The van der Waals surface area contributed by atoms with Gasteiger partial charge < -0.3 is 4.74 Å². The average molecular weight is 425 g/mol. The lowest BCUT2D eigenvalue weighted by Gasteiger charge is -2.36. The summed E-state index contributed by atoms with van der Waals surface area (Å²) in [5.41, 5.74) is 1.19. The summed E-state index contributed by atoms with van der Waals surface area (Å²) in [5.74, 6) is -0.810. The quantitative estimate of drug-likeness (QED) is 0.674. The maximum Gasteiger partial charge on any atom is 0.338 e. The zero-order valence-electron chi connectivity index (χ0n) is 16.8. The maximum atomic E-state index is 12.9. The van der Waals surface area contributed by atoms with E-state index in [2.05, 4.69) is 0 Å². The highest BCUT2D eigenvalue weighted by Gasteiger charge is 2.50. The number of benzene rings is 2. The van der Waals surface area contributed by atoms with E-state index in [-0.39, 0.29) is 29.0 Å². The van der Waals surface area contributed by atoms with E-state index in [4.69, 9.17) is 4.74 Å². The van der Waals surface area contributed by atoms with Crippen LogP contribution in [0.3, 0.4) is 0 Å². The van der Waals surface area contributed by atoms with Crippen molar-refractivity contribution >= 4 is 21.6 Å². The Bertz CT molecular complexity index is 1100. The molecule has 0 unspecified atom stereocenters. The lowest BCUT2D eigenvalue weighted by atomic mass is 9.71. The molecule has 2 aromatic carbocycles. The summed E-state index contributed by atoms with van der Waals surface area (Å²) in [7, 11) is -3.63. The normalized spacial score (nSPS) is 23.9. The number of Topliss-reactive ketones (excluding diaryl/α,β-unsaturated/α-hetero) is 1. The van der Waals surface area contributed by atoms with Gasteiger partial charge in [-0.1, -0.05) is 48.9 Å². The van der Waals surface area contributed by atoms with E-state index in [1.165, 1.54) is 0 Å². The van der Waals surface area contributed by atoms with Crippen molar-refractivity contribution in [2.75, 3.05) is 5.75 Å². The summed E-state index contributed by atoms with van der Waals surface area (Å²) in [4.78, 5) is 25.5. The van der Waals surface area contributed by atoms with Gasteiger partial charge in [0.25, 0.3) is 0 Å². The minimum atomic E-state index is -3.63. The number of sulfone groups is 1. The molecule has 0 aliphatic heterocycles. The molecule has 1 saturated carbocycles. The summed E-state index contributed by atoms with van der Waals surface area (Å²) in [5, 5.41) is 0. The molecule has 0 amide bonds. The molecule has 6 heteroatoms. The second kappa shape index (κ2) is 7.84. The summed E-state index contributed by atoms with van der Waals surface area (Å²) >= 11 is 0. The number of ether oxygens (including phenoxy) is 1. The van der Waals surface area contributed by atoms with Crippen LogP contribution in [-0.4, -0.2) is 32.0 Å². The summed E-state index contributed by atoms with van der Waals surface area (Å²) in [6, 6.07) is 17.0. The van der Waals surface area contributed by atoms with Crippen LogP contribution in [0, 0.1) is 5.41 Å². The summed E-state index contributed by atoms with van der Waals surface area (Å²) in [6.45, 7) is 1.99. The van der Waals surface area contributed by atoms with Gasteiger partial charge >= 0.3 is 5.97 Å². The predicted octanol–water partition coefficient (Wildman–Crippen LogP) is 4.15. The largest absolute Gasteiger partial charge is 0.458 e. The van der Waals surface area contributed by atoms with Crippen LogP contribution in [0.4, 0.5) is 0 Å².